The lowest BCUT2D eigenvalue weighted by molar-refractivity contribution is 0.0992. The molecule has 0 aliphatic carbocycles. The van der Waals surface area contributed by atoms with Gasteiger partial charge >= 0.3 is 0 Å². The fraction of sp³-hybridized carbons (Fsp3) is 0.467. The predicted molar refractivity (Wildman–Crippen MR) is 160 cm³/mol. The van der Waals surface area contributed by atoms with Gasteiger partial charge in [-0.05, 0) is 63.3 Å². The van der Waals surface area contributed by atoms with Crippen LogP contribution in [0.5, 0.6) is 0 Å². The largest absolute Gasteiger partial charge is 0.382 e. The molecule has 0 spiro atoms. The Kier molecular flexibility index (Phi) is 8.49. The first-order chi connectivity index (χ1) is 20.7. The van der Waals surface area contributed by atoms with Crippen molar-refractivity contribution < 1.29 is 22.0 Å². The summed E-state index contributed by atoms with van der Waals surface area (Å²) in [5.74, 6) is -2.04. The summed E-state index contributed by atoms with van der Waals surface area (Å²) >= 11 is 0. The zero-order valence-corrected chi connectivity index (χ0v) is 25.0. The summed E-state index contributed by atoms with van der Waals surface area (Å²) in [6, 6.07) is 8.48. The maximum absolute atomic E-state index is 13.8. The van der Waals surface area contributed by atoms with Gasteiger partial charge in [-0.1, -0.05) is 0 Å². The molecule has 0 saturated carbocycles. The van der Waals surface area contributed by atoms with E-state index in [2.05, 4.69) is 43.7 Å². The molecule has 1 aromatic heterocycles. The second kappa shape index (κ2) is 12.3. The standard InChI is InChI=1S/C30H37F2N7O3S/c1-37-10-12-38(13-11-37)23-2-3-25(28(17-23)34-22-4-7-33-8-5-22)30(40)18-29-26-19-39(9-6-27(26)35-36-29)43(41,42)24-15-20(31)14-21(32)16-24/h2-3,14-17,22,33-34H,4-13,18-19H2,1H3,(H,35,36). The van der Waals surface area contributed by atoms with E-state index in [-0.39, 0.29) is 31.3 Å². The number of hydrogen-bond acceptors (Lipinski definition) is 8. The van der Waals surface area contributed by atoms with Gasteiger partial charge in [0.05, 0.1) is 17.0 Å². The van der Waals surface area contributed by atoms with E-state index in [0.717, 1.165) is 81.3 Å². The molecular weight excluding hydrogens is 576 g/mol. The Morgan fingerprint density at radius 2 is 1.74 bits per heavy atom. The van der Waals surface area contributed by atoms with Crippen molar-refractivity contribution in [3.63, 3.8) is 0 Å². The van der Waals surface area contributed by atoms with Crippen LogP contribution in [0.4, 0.5) is 20.2 Å². The van der Waals surface area contributed by atoms with Gasteiger partial charge in [-0.25, -0.2) is 17.2 Å². The molecule has 2 aromatic carbocycles. The maximum Gasteiger partial charge on any atom is 0.243 e. The second-order valence-corrected chi connectivity index (χ2v) is 13.5. The third-order valence-corrected chi connectivity index (χ3v) is 10.5. The van der Waals surface area contributed by atoms with E-state index in [1.54, 1.807) is 0 Å². The highest BCUT2D eigenvalue weighted by Crippen LogP contribution is 2.30. The van der Waals surface area contributed by atoms with Gasteiger partial charge in [-0.15, -0.1) is 0 Å². The number of Topliss-reactive ketones (excluding diaryl/α,β-unsaturated/α-hetero) is 1. The Balaban J connectivity index is 1.24. The first-order valence-electron chi connectivity index (χ1n) is 14.8. The number of halogens is 2. The third-order valence-electron chi connectivity index (χ3n) is 8.66. The molecular formula is C30H37F2N7O3S. The molecule has 230 valence electrons. The van der Waals surface area contributed by atoms with E-state index in [1.807, 2.05) is 12.1 Å². The maximum atomic E-state index is 13.8. The van der Waals surface area contributed by atoms with Crippen LogP contribution in [0.1, 0.15) is 40.2 Å². The first kappa shape index (κ1) is 29.7. The highest BCUT2D eigenvalue weighted by Gasteiger charge is 2.32. The van der Waals surface area contributed by atoms with Gasteiger partial charge in [-0.2, -0.15) is 9.40 Å². The molecule has 2 saturated heterocycles. The summed E-state index contributed by atoms with van der Waals surface area (Å²) in [6.45, 7) is 5.69. The fourth-order valence-electron chi connectivity index (χ4n) is 6.10. The topological polar surface area (TPSA) is 114 Å². The number of piperidine rings is 1. The number of rotatable bonds is 8. The molecule has 0 amide bonds. The quantitative estimate of drug-likeness (QED) is 0.333. The number of aromatic amines is 1. The van der Waals surface area contributed by atoms with Crippen LogP contribution >= 0.6 is 0 Å². The van der Waals surface area contributed by atoms with Crippen LogP contribution in [0.3, 0.4) is 0 Å². The van der Waals surface area contributed by atoms with Gasteiger partial charge in [0, 0.05) is 86.0 Å². The van der Waals surface area contributed by atoms with Crippen LogP contribution in [0.15, 0.2) is 41.3 Å². The van der Waals surface area contributed by atoms with Crippen LogP contribution in [0.25, 0.3) is 0 Å². The van der Waals surface area contributed by atoms with Crippen LogP contribution in [-0.4, -0.2) is 92.5 Å². The van der Waals surface area contributed by atoms with Crippen molar-refractivity contribution in [2.24, 2.45) is 0 Å². The highest BCUT2D eigenvalue weighted by molar-refractivity contribution is 7.89. The van der Waals surface area contributed by atoms with Gasteiger partial charge < -0.3 is 20.4 Å². The van der Waals surface area contributed by atoms with Crippen molar-refractivity contribution in [2.45, 2.75) is 43.2 Å². The van der Waals surface area contributed by atoms with E-state index >= 15 is 0 Å². The van der Waals surface area contributed by atoms with Crippen molar-refractivity contribution in [3.05, 3.63) is 70.5 Å². The Bertz CT molecular complexity index is 1580. The number of nitrogens with one attached hydrogen (secondary N) is 3. The second-order valence-electron chi connectivity index (χ2n) is 11.6. The number of H-pyrrole nitrogens is 1. The van der Waals surface area contributed by atoms with Crippen molar-refractivity contribution in [1.29, 1.82) is 0 Å². The van der Waals surface area contributed by atoms with Crippen LogP contribution in [0.2, 0.25) is 0 Å². The summed E-state index contributed by atoms with van der Waals surface area (Å²) < 4.78 is 55.4. The number of aromatic nitrogens is 2. The smallest absolute Gasteiger partial charge is 0.243 e. The minimum absolute atomic E-state index is 0.0108. The molecule has 13 heteroatoms. The van der Waals surface area contributed by atoms with Gasteiger partial charge in [0.15, 0.2) is 5.78 Å². The lowest BCUT2D eigenvalue weighted by Gasteiger charge is -2.34. The number of fused-ring (bicyclic) bond motifs is 1. The number of benzene rings is 2. The summed E-state index contributed by atoms with van der Waals surface area (Å²) in [7, 11) is -2.05. The molecule has 0 bridgehead atoms. The molecule has 3 aromatic rings. The van der Waals surface area contributed by atoms with E-state index in [0.29, 0.717) is 29.3 Å². The average Bonchev–Trinajstić information content (AvgIpc) is 3.39. The number of ketones is 1. The summed E-state index contributed by atoms with van der Waals surface area (Å²) in [5, 5.41) is 14.4. The van der Waals surface area contributed by atoms with Crippen LogP contribution < -0.4 is 15.5 Å². The van der Waals surface area contributed by atoms with Crippen LogP contribution in [0, 0.1) is 11.6 Å². The Morgan fingerprint density at radius 1 is 1.02 bits per heavy atom. The zero-order chi connectivity index (χ0) is 30.1. The highest BCUT2D eigenvalue weighted by atomic mass is 32.2. The van der Waals surface area contributed by atoms with Crippen molar-refractivity contribution in [1.82, 2.24) is 24.7 Å². The van der Waals surface area contributed by atoms with E-state index in [4.69, 9.17) is 0 Å². The number of hydrogen-bond donors (Lipinski definition) is 3. The lowest BCUT2D eigenvalue weighted by Crippen LogP contribution is -2.44. The minimum atomic E-state index is -4.16. The van der Waals surface area contributed by atoms with E-state index in [1.165, 1.54) is 4.31 Å². The molecule has 43 heavy (non-hydrogen) atoms. The molecule has 2 fully saturated rings. The molecule has 0 radical (unpaired) electrons. The number of anilines is 2. The monoisotopic (exact) mass is 613 g/mol. The van der Waals surface area contributed by atoms with Crippen molar-refractivity contribution in [2.75, 3.05) is 63.1 Å². The number of carbonyl (C=O) groups excluding carboxylic acids is 1. The number of likely N-dealkylation sites (N-methyl/N-ethyl adjacent to an activating group) is 1. The van der Waals surface area contributed by atoms with Gasteiger partial charge in [0.1, 0.15) is 11.6 Å². The Hall–Kier alpha value is -3.39. The van der Waals surface area contributed by atoms with Crippen molar-refractivity contribution in [3.8, 4) is 0 Å². The Labute approximate surface area is 250 Å². The average molecular weight is 614 g/mol. The van der Waals surface area contributed by atoms with Gasteiger partial charge in [-0.3, -0.25) is 9.89 Å². The molecule has 10 nitrogen and oxygen atoms in total. The first-order valence-corrected chi connectivity index (χ1v) is 16.2. The molecule has 4 heterocycles. The summed E-state index contributed by atoms with van der Waals surface area (Å²) in [6.07, 6.45) is 2.25. The number of carbonyl (C=O) groups is 1. The fourth-order valence-corrected chi connectivity index (χ4v) is 7.55. The molecule has 0 atom stereocenters. The zero-order valence-electron chi connectivity index (χ0n) is 24.2. The number of piperazine rings is 1. The van der Waals surface area contributed by atoms with Crippen LogP contribution in [-0.2, 0) is 29.4 Å². The predicted octanol–water partition coefficient (Wildman–Crippen LogP) is 2.78. The van der Waals surface area contributed by atoms with Gasteiger partial charge in [0.25, 0.3) is 0 Å². The molecule has 0 unspecified atom stereocenters. The minimum Gasteiger partial charge on any atom is -0.382 e. The molecule has 3 aliphatic rings. The van der Waals surface area contributed by atoms with Crippen molar-refractivity contribution >= 4 is 27.2 Å². The normalized spacial score (nSPS) is 18.9. The van der Waals surface area contributed by atoms with E-state index in [9.17, 15) is 22.0 Å². The summed E-state index contributed by atoms with van der Waals surface area (Å²) in [5.41, 5.74) is 4.31. The summed E-state index contributed by atoms with van der Waals surface area (Å²) in [4.78, 5) is 18.0. The molecule has 3 N–H and O–H groups in total. The molecule has 6 rings (SSSR count). The van der Waals surface area contributed by atoms with E-state index < -0.39 is 26.6 Å². The molecule has 3 aliphatic heterocycles. The number of nitrogens with zero attached hydrogens (tertiary/aromatic N) is 4. The Morgan fingerprint density at radius 3 is 2.47 bits per heavy atom. The lowest BCUT2D eigenvalue weighted by atomic mass is 9.98. The number of sulfonamides is 1. The van der Waals surface area contributed by atoms with Gasteiger partial charge in [0.2, 0.25) is 10.0 Å². The SMILES string of the molecule is CN1CCN(c2ccc(C(=O)Cc3n[nH]c4c3CN(S(=O)(=O)c3cc(F)cc(F)c3)CC4)c(NC3CCNCC3)c2)CC1. The third kappa shape index (κ3) is 6.44.